The van der Waals surface area contributed by atoms with Crippen molar-refractivity contribution >= 4 is 17.3 Å². The Bertz CT molecular complexity index is 735. The van der Waals surface area contributed by atoms with Crippen LogP contribution in [0.15, 0.2) is 42.5 Å². The van der Waals surface area contributed by atoms with Gasteiger partial charge in [0, 0.05) is 37.6 Å². The summed E-state index contributed by atoms with van der Waals surface area (Å²) in [5, 5.41) is 12.4. The van der Waals surface area contributed by atoms with Crippen LogP contribution in [-0.4, -0.2) is 48.6 Å². The molecule has 1 saturated heterocycles. The molecule has 0 saturated carbocycles. The molecule has 0 aromatic heterocycles. The summed E-state index contributed by atoms with van der Waals surface area (Å²) in [6, 6.07) is 13.2. The number of piperazine rings is 1. The first kappa shape index (κ1) is 17.3. The maximum atomic E-state index is 12.3. The number of benzene rings is 2. The first-order valence-corrected chi connectivity index (χ1v) is 8.65. The molecule has 0 radical (unpaired) electrons. The van der Waals surface area contributed by atoms with Crippen LogP contribution in [0.25, 0.3) is 0 Å². The third-order valence-electron chi connectivity index (χ3n) is 4.83. The van der Waals surface area contributed by atoms with Crippen LogP contribution in [0.3, 0.4) is 0 Å². The standard InChI is InChI=1S/C20H25N3O2/c1-15-4-3-5-19(16(15)2)21-20(25)14-22-10-12-23(13-11-22)17-6-8-18(24)9-7-17/h3-9,24H,10-14H2,1-2H3,(H,21,25). The van der Waals surface area contributed by atoms with Crippen molar-refractivity contribution < 1.29 is 9.90 Å². The van der Waals surface area contributed by atoms with E-state index in [4.69, 9.17) is 0 Å². The van der Waals surface area contributed by atoms with Gasteiger partial charge in [-0.15, -0.1) is 0 Å². The van der Waals surface area contributed by atoms with E-state index in [1.54, 1.807) is 12.1 Å². The molecule has 2 N–H and O–H groups in total. The number of nitrogens with zero attached hydrogens (tertiary/aromatic N) is 2. The number of rotatable bonds is 4. The Hall–Kier alpha value is -2.53. The van der Waals surface area contributed by atoms with E-state index in [1.165, 1.54) is 5.56 Å². The van der Waals surface area contributed by atoms with Gasteiger partial charge in [-0.2, -0.15) is 0 Å². The zero-order chi connectivity index (χ0) is 17.8. The number of aryl methyl sites for hydroxylation is 1. The minimum Gasteiger partial charge on any atom is -0.508 e. The molecule has 1 aliphatic rings. The Morgan fingerprint density at radius 1 is 1.04 bits per heavy atom. The number of phenols is 1. The Balaban J connectivity index is 1.51. The molecule has 0 bridgehead atoms. The van der Waals surface area contributed by atoms with Crippen molar-refractivity contribution in [3.63, 3.8) is 0 Å². The van der Waals surface area contributed by atoms with E-state index in [-0.39, 0.29) is 11.7 Å². The van der Waals surface area contributed by atoms with E-state index < -0.39 is 0 Å². The summed E-state index contributed by atoms with van der Waals surface area (Å²) in [5.41, 5.74) is 4.30. The van der Waals surface area contributed by atoms with Crippen LogP contribution in [-0.2, 0) is 4.79 Å². The van der Waals surface area contributed by atoms with Gasteiger partial charge in [0.05, 0.1) is 6.54 Å². The van der Waals surface area contributed by atoms with Crippen molar-refractivity contribution in [2.75, 3.05) is 42.9 Å². The number of amides is 1. The van der Waals surface area contributed by atoms with Crippen LogP contribution in [0.2, 0.25) is 0 Å². The Morgan fingerprint density at radius 3 is 2.40 bits per heavy atom. The average Bonchev–Trinajstić information content (AvgIpc) is 2.60. The molecule has 0 aliphatic carbocycles. The largest absolute Gasteiger partial charge is 0.508 e. The quantitative estimate of drug-likeness (QED) is 0.899. The first-order valence-electron chi connectivity index (χ1n) is 8.65. The van der Waals surface area contributed by atoms with E-state index in [0.29, 0.717) is 6.54 Å². The van der Waals surface area contributed by atoms with Crippen molar-refractivity contribution in [2.45, 2.75) is 13.8 Å². The molecule has 5 heteroatoms. The number of phenolic OH excluding ortho intramolecular Hbond substituents is 1. The second kappa shape index (κ2) is 7.57. The lowest BCUT2D eigenvalue weighted by atomic mass is 10.1. The van der Waals surface area contributed by atoms with Crippen LogP contribution in [0.1, 0.15) is 11.1 Å². The SMILES string of the molecule is Cc1cccc(NC(=O)CN2CCN(c3ccc(O)cc3)CC2)c1C. The molecule has 1 fully saturated rings. The molecule has 2 aromatic rings. The topological polar surface area (TPSA) is 55.8 Å². The van der Waals surface area contributed by atoms with Crippen LogP contribution in [0.4, 0.5) is 11.4 Å². The molecule has 25 heavy (non-hydrogen) atoms. The van der Waals surface area contributed by atoms with E-state index in [1.807, 2.05) is 44.2 Å². The maximum absolute atomic E-state index is 12.3. The predicted octanol–water partition coefficient (Wildman–Crippen LogP) is 2.77. The van der Waals surface area contributed by atoms with E-state index in [0.717, 1.165) is 43.1 Å². The van der Waals surface area contributed by atoms with Gasteiger partial charge in [-0.25, -0.2) is 0 Å². The lowest BCUT2D eigenvalue weighted by Gasteiger charge is -2.35. The van der Waals surface area contributed by atoms with Crippen LogP contribution >= 0.6 is 0 Å². The molecule has 132 valence electrons. The second-order valence-electron chi connectivity index (χ2n) is 6.58. The highest BCUT2D eigenvalue weighted by Crippen LogP contribution is 2.20. The predicted molar refractivity (Wildman–Crippen MR) is 101 cm³/mol. The van der Waals surface area contributed by atoms with Crippen molar-refractivity contribution in [3.8, 4) is 5.75 Å². The summed E-state index contributed by atoms with van der Waals surface area (Å²) in [5.74, 6) is 0.317. The molecule has 0 atom stereocenters. The molecule has 5 nitrogen and oxygen atoms in total. The smallest absolute Gasteiger partial charge is 0.238 e. The summed E-state index contributed by atoms with van der Waals surface area (Å²) in [7, 11) is 0. The van der Waals surface area contributed by atoms with Gasteiger partial charge < -0.3 is 15.3 Å². The number of carbonyl (C=O) groups excluding carboxylic acids is 1. The van der Waals surface area contributed by atoms with E-state index in [2.05, 4.69) is 15.1 Å². The van der Waals surface area contributed by atoms with Crippen LogP contribution in [0.5, 0.6) is 5.75 Å². The van der Waals surface area contributed by atoms with Gasteiger partial charge in [-0.3, -0.25) is 9.69 Å². The molecular weight excluding hydrogens is 314 g/mol. The summed E-state index contributed by atoms with van der Waals surface area (Å²) >= 11 is 0. The van der Waals surface area contributed by atoms with E-state index >= 15 is 0 Å². The third-order valence-corrected chi connectivity index (χ3v) is 4.83. The number of hydrogen-bond donors (Lipinski definition) is 2. The molecule has 3 rings (SSSR count). The number of anilines is 2. The number of nitrogens with one attached hydrogen (secondary N) is 1. The van der Waals surface area contributed by atoms with Gasteiger partial charge in [0.2, 0.25) is 5.91 Å². The van der Waals surface area contributed by atoms with E-state index in [9.17, 15) is 9.90 Å². The molecule has 0 spiro atoms. The first-order chi connectivity index (χ1) is 12.0. The number of hydrogen-bond acceptors (Lipinski definition) is 4. The highest BCUT2D eigenvalue weighted by molar-refractivity contribution is 5.93. The lowest BCUT2D eigenvalue weighted by Crippen LogP contribution is -2.48. The minimum atomic E-state index is 0.0341. The Morgan fingerprint density at radius 2 is 1.72 bits per heavy atom. The highest BCUT2D eigenvalue weighted by atomic mass is 16.3. The number of aromatic hydroxyl groups is 1. The van der Waals surface area contributed by atoms with Gasteiger partial charge in [-0.05, 0) is 55.3 Å². The van der Waals surface area contributed by atoms with Gasteiger partial charge in [0.1, 0.15) is 5.75 Å². The van der Waals surface area contributed by atoms with Crippen LogP contribution in [0, 0.1) is 13.8 Å². The fourth-order valence-electron chi connectivity index (χ4n) is 3.11. The number of carbonyl (C=O) groups is 1. The van der Waals surface area contributed by atoms with Crippen molar-refractivity contribution in [1.82, 2.24) is 4.90 Å². The Kier molecular flexibility index (Phi) is 5.24. The average molecular weight is 339 g/mol. The fraction of sp³-hybridized carbons (Fsp3) is 0.350. The zero-order valence-electron chi connectivity index (χ0n) is 14.8. The molecule has 1 heterocycles. The maximum Gasteiger partial charge on any atom is 0.238 e. The summed E-state index contributed by atoms with van der Waals surface area (Å²) < 4.78 is 0. The fourth-order valence-corrected chi connectivity index (χ4v) is 3.11. The summed E-state index contributed by atoms with van der Waals surface area (Å²) in [4.78, 5) is 16.8. The van der Waals surface area contributed by atoms with Crippen molar-refractivity contribution in [3.05, 3.63) is 53.6 Å². The van der Waals surface area contributed by atoms with Gasteiger partial charge >= 0.3 is 0 Å². The second-order valence-corrected chi connectivity index (χ2v) is 6.58. The van der Waals surface area contributed by atoms with Crippen molar-refractivity contribution in [2.24, 2.45) is 0 Å². The normalized spacial score (nSPS) is 15.2. The molecular formula is C20H25N3O2. The lowest BCUT2D eigenvalue weighted by molar-refractivity contribution is -0.117. The monoisotopic (exact) mass is 339 g/mol. The Labute approximate surface area is 148 Å². The van der Waals surface area contributed by atoms with Crippen molar-refractivity contribution in [1.29, 1.82) is 0 Å². The zero-order valence-corrected chi connectivity index (χ0v) is 14.8. The minimum absolute atomic E-state index is 0.0341. The van der Waals surface area contributed by atoms with Gasteiger partial charge in [0.15, 0.2) is 0 Å². The molecule has 0 unspecified atom stereocenters. The summed E-state index contributed by atoms with van der Waals surface area (Å²) in [6.07, 6.45) is 0. The molecule has 2 aromatic carbocycles. The molecule has 1 aliphatic heterocycles. The van der Waals surface area contributed by atoms with Gasteiger partial charge in [-0.1, -0.05) is 12.1 Å². The molecule has 1 amide bonds. The highest BCUT2D eigenvalue weighted by Gasteiger charge is 2.19. The third kappa shape index (κ3) is 4.31. The summed E-state index contributed by atoms with van der Waals surface area (Å²) in [6.45, 7) is 7.94. The van der Waals surface area contributed by atoms with Gasteiger partial charge in [0.25, 0.3) is 0 Å². The van der Waals surface area contributed by atoms with Crippen LogP contribution < -0.4 is 10.2 Å².